The van der Waals surface area contributed by atoms with Gasteiger partial charge in [0.25, 0.3) is 0 Å². The van der Waals surface area contributed by atoms with Gasteiger partial charge in [-0.1, -0.05) is 11.6 Å². The van der Waals surface area contributed by atoms with Crippen molar-refractivity contribution in [1.82, 2.24) is 14.8 Å². The van der Waals surface area contributed by atoms with Crippen molar-refractivity contribution >= 4 is 11.6 Å². The maximum atomic E-state index is 5.99. The molecule has 1 aromatic carbocycles. The molecule has 2 N–H and O–H groups in total. The molecule has 18 heavy (non-hydrogen) atoms. The van der Waals surface area contributed by atoms with E-state index in [9.17, 15) is 0 Å². The Morgan fingerprint density at radius 2 is 2.22 bits per heavy atom. The fourth-order valence-electron chi connectivity index (χ4n) is 1.73. The van der Waals surface area contributed by atoms with Crippen LogP contribution in [-0.4, -0.2) is 28.4 Å². The molecule has 0 aliphatic heterocycles. The minimum Gasteiger partial charge on any atom is -0.496 e. The number of methoxy groups -OCH3 is 1. The molecule has 0 bridgehead atoms. The first-order valence-electron chi connectivity index (χ1n) is 5.59. The number of nitrogens with two attached hydrogens (primary N) is 1. The van der Waals surface area contributed by atoms with Crippen LogP contribution < -0.4 is 10.5 Å². The molecule has 1 heterocycles. The van der Waals surface area contributed by atoms with Gasteiger partial charge in [0.1, 0.15) is 11.6 Å². The fourth-order valence-corrected chi connectivity index (χ4v) is 1.90. The van der Waals surface area contributed by atoms with Gasteiger partial charge in [-0.3, -0.25) is 4.68 Å². The molecule has 2 rings (SSSR count). The molecule has 0 amide bonds. The molecule has 5 nitrogen and oxygen atoms in total. The van der Waals surface area contributed by atoms with E-state index in [1.54, 1.807) is 30.0 Å². The lowest BCUT2D eigenvalue weighted by Gasteiger charge is -2.05. The Kier molecular flexibility index (Phi) is 3.84. The van der Waals surface area contributed by atoms with E-state index in [-0.39, 0.29) is 0 Å². The summed E-state index contributed by atoms with van der Waals surface area (Å²) in [6.07, 6.45) is 0.687. The van der Waals surface area contributed by atoms with E-state index >= 15 is 0 Å². The second kappa shape index (κ2) is 5.37. The Labute approximate surface area is 111 Å². The van der Waals surface area contributed by atoms with Gasteiger partial charge in [0.05, 0.1) is 12.7 Å². The molecule has 6 heteroatoms. The SMILES string of the molecule is COc1ccc(Cl)cc1-c1nc(CCN)n(C)n1. The third-order valence-electron chi connectivity index (χ3n) is 2.62. The summed E-state index contributed by atoms with van der Waals surface area (Å²) in [5.41, 5.74) is 6.31. The summed E-state index contributed by atoms with van der Waals surface area (Å²) in [6.45, 7) is 0.540. The molecule has 0 unspecified atom stereocenters. The van der Waals surface area contributed by atoms with Gasteiger partial charge >= 0.3 is 0 Å². The molecule has 0 saturated carbocycles. The van der Waals surface area contributed by atoms with Gasteiger partial charge in [-0.25, -0.2) is 4.98 Å². The van der Waals surface area contributed by atoms with Gasteiger partial charge < -0.3 is 10.5 Å². The zero-order valence-electron chi connectivity index (χ0n) is 10.4. The summed E-state index contributed by atoms with van der Waals surface area (Å²) in [4.78, 5) is 4.45. The predicted octanol–water partition coefficient (Wildman–Crippen LogP) is 1.65. The van der Waals surface area contributed by atoms with Gasteiger partial charge in [-0.2, -0.15) is 5.10 Å². The lowest BCUT2D eigenvalue weighted by Crippen LogP contribution is -2.08. The van der Waals surface area contributed by atoms with Crippen molar-refractivity contribution < 1.29 is 4.74 Å². The van der Waals surface area contributed by atoms with Crippen LogP contribution in [0.4, 0.5) is 0 Å². The van der Waals surface area contributed by atoms with Crippen LogP contribution in [0, 0.1) is 0 Å². The molecular formula is C12H15ClN4O. The van der Waals surface area contributed by atoms with E-state index in [1.165, 1.54) is 0 Å². The molecule has 0 aliphatic rings. The normalized spacial score (nSPS) is 10.7. The highest BCUT2D eigenvalue weighted by Gasteiger charge is 2.13. The number of hydrogen-bond donors (Lipinski definition) is 1. The maximum Gasteiger partial charge on any atom is 0.185 e. The first-order chi connectivity index (χ1) is 8.65. The number of rotatable bonds is 4. The number of aromatic nitrogens is 3. The number of aryl methyl sites for hydroxylation is 1. The quantitative estimate of drug-likeness (QED) is 0.914. The van der Waals surface area contributed by atoms with E-state index in [4.69, 9.17) is 22.1 Å². The van der Waals surface area contributed by atoms with Gasteiger partial charge in [0.2, 0.25) is 0 Å². The average Bonchev–Trinajstić information content (AvgIpc) is 2.71. The van der Waals surface area contributed by atoms with Crippen molar-refractivity contribution in [2.75, 3.05) is 13.7 Å². The fraction of sp³-hybridized carbons (Fsp3) is 0.333. The third kappa shape index (κ3) is 2.47. The van der Waals surface area contributed by atoms with Gasteiger partial charge in [0, 0.05) is 18.5 Å². The van der Waals surface area contributed by atoms with Gasteiger partial charge in [-0.15, -0.1) is 0 Å². The smallest absolute Gasteiger partial charge is 0.185 e. The highest BCUT2D eigenvalue weighted by Crippen LogP contribution is 2.30. The van der Waals surface area contributed by atoms with Crippen molar-refractivity contribution in [3.05, 3.63) is 29.0 Å². The molecule has 0 fully saturated rings. The number of hydrogen-bond acceptors (Lipinski definition) is 4. The van der Waals surface area contributed by atoms with Crippen LogP contribution >= 0.6 is 11.6 Å². The molecule has 0 atom stereocenters. The number of halogens is 1. The lowest BCUT2D eigenvalue weighted by atomic mass is 10.2. The monoisotopic (exact) mass is 266 g/mol. The Hall–Kier alpha value is -1.59. The molecule has 2 aromatic rings. The van der Waals surface area contributed by atoms with Crippen molar-refractivity contribution in [2.24, 2.45) is 12.8 Å². The summed E-state index contributed by atoms with van der Waals surface area (Å²) in [6, 6.07) is 5.37. The third-order valence-corrected chi connectivity index (χ3v) is 2.86. The van der Waals surface area contributed by atoms with Crippen LogP contribution in [0.25, 0.3) is 11.4 Å². The summed E-state index contributed by atoms with van der Waals surface area (Å²) in [7, 11) is 3.45. The van der Waals surface area contributed by atoms with E-state index in [0.717, 1.165) is 11.4 Å². The molecule has 1 aromatic heterocycles. The van der Waals surface area contributed by atoms with Crippen LogP contribution in [0.3, 0.4) is 0 Å². The molecule has 0 radical (unpaired) electrons. The lowest BCUT2D eigenvalue weighted by molar-refractivity contribution is 0.416. The average molecular weight is 267 g/mol. The largest absolute Gasteiger partial charge is 0.496 e. The first-order valence-corrected chi connectivity index (χ1v) is 5.97. The van der Waals surface area contributed by atoms with E-state index in [1.807, 2.05) is 7.05 Å². The Bertz CT molecular complexity index is 553. The Morgan fingerprint density at radius 1 is 1.44 bits per heavy atom. The van der Waals surface area contributed by atoms with Crippen LogP contribution in [-0.2, 0) is 13.5 Å². The summed E-state index contributed by atoms with van der Waals surface area (Å²) in [5, 5.41) is 4.98. The second-order valence-electron chi connectivity index (χ2n) is 3.86. The minimum absolute atomic E-state index is 0.540. The molecule has 96 valence electrons. The number of nitrogens with zero attached hydrogens (tertiary/aromatic N) is 3. The summed E-state index contributed by atoms with van der Waals surface area (Å²) >= 11 is 5.99. The van der Waals surface area contributed by atoms with Gasteiger partial charge in [-0.05, 0) is 24.7 Å². The zero-order chi connectivity index (χ0) is 13.1. The highest BCUT2D eigenvalue weighted by atomic mass is 35.5. The Morgan fingerprint density at radius 3 is 2.89 bits per heavy atom. The van der Waals surface area contributed by atoms with Gasteiger partial charge in [0.15, 0.2) is 5.82 Å². The zero-order valence-corrected chi connectivity index (χ0v) is 11.1. The van der Waals surface area contributed by atoms with Crippen molar-refractivity contribution in [1.29, 1.82) is 0 Å². The first kappa shape index (κ1) is 12.9. The number of ether oxygens (including phenoxy) is 1. The predicted molar refractivity (Wildman–Crippen MR) is 70.8 cm³/mol. The van der Waals surface area contributed by atoms with Crippen LogP contribution in [0.15, 0.2) is 18.2 Å². The minimum atomic E-state index is 0.540. The molecule has 0 saturated heterocycles. The number of benzene rings is 1. The maximum absolute atomic E-state index is 5.99. The summed E-state index contributed by atoms with van der Waals surface area (Å²) in [5.74, 6) is 2.14. The highest BCUT2D eigenvalue weighted by molar-refractivity contribution is 6.30. The second-order valence-corrected chi connectivity index (χ2v) is 4.29. The van der Waals surface area contributed by atoms with E-state index < -0.39 is 0 Å². The Balaban J connectivity index is 2.47. The van der Waals surface area contributed by atoms with Crippen LogP contribution in [0.5, 0.6) is 5.75 Å². The molecule has 0 spiro atoms. The van der Waals surface area contributed by atoms with Crippen molar-refractivity contribution in [3.63, 3.8) is 0 Å². The van der Waals surface area contributed by atoms with Crippen LogP contribution in [0.2, 0.25) is 5.02 Å². The summed E-state index contributed by atoms with van der Waals surface area (Å²) < 4.78 is 7.02. The van der Waals surface area contributed by atoms with E-state index in [0.29, 0.717) is 29.6 Å². The van der Waals surface area contributed by atoms with Crippen LogP contribution in [0.1, 0.15) is 5.82 Å². The molecule has 0 aliphatic carbocycles. The standard InChI is InChI=1S/C12H15ClN4O/c1-17-11(5-6-14)15-12(16-17)9-7-8(13)3-4-10(9)18-2/h3-4,7H,5-6,14H2,1-2H3. The van der Waals surface area contributed by atoms with Crippen molar-refractivity contribution in [2.45, 2.75) is 6.42 Å². The topological polar surface area (TPSA) is 66.0 Å². The van der Waals surface area contributed by atoms with Crippen molar-refractivity contribution in [3.8, 4) is 17.1 Å². The van der Waals surface area contributed by atoms with E-state index in [2.05, 4.69) is 10.1 Å². The molecular weight excluding hydrogens is 252 g/mol.